The first kappa shape index (κ1) is 11.9. The Morgan fingerprint density at radius 2 is 2.27 bits per heavy atom. The van der Waals surface area contributed by atoms with Gasteiger partial charge >= 0.3 is 0 Å². The van der Waals surface area contributed by atoms with E-state index in [1.54, 1.807) is 12.4 Å². The van der Waals surface area contributed by atoms with Crippen LogP contribution in [0.1, 0.15) is 35.7 Å². The second kappa shape index (κ2) is 5.61. The fourth-order valence-corrected chi connectivity index (χ4v) is 1.53. The maximum absolute atomic E-state index is 11.9. The first-order valence-electron chi connectivity index (χ1n) is 5.31. The summed E-state index contributed by atoms with van der Waals surface area (Å²) in [5.74, 6) is 0.205. The van der Waals surface area contributed by atoms with Crippen LogP contribution < -0.4 is 5.73 Å². The van der Waals surface area contributed by atoms with Crippen molar-refractivity contribution in [1.82, 2.24) is 4.98 Å². The van der Waals surface area contributed by atoms with Gasteiger partial charge in [-0.15, -0.1) is 0 Å². The van der Waals surface area contributed by atoms with Crippen LogP contribution in [0, 0.1) is 12.8 Å². The van der Waals surface area contributed by atoms with Crippen LogP contribution in [0.4, 0.5) is 0 Å². The number of pyridine rings is 1. The van der Waals surface area contributed by atoms with Crippen molar-refractivity contribution in [2.24, 2.45) is 11.7 Å². The number of nitrogens with zero attached hydrogens (tertiary/aromatic N) is 1. The molecule has 0 aliphatic carbocycles. The van der Waals surface area contributed by atoms with Gasteiger partial charge in [-0.25, -0.2) is 0 Å². The molecule has 0 spiro atoms. The van der Waals surface area contributed by atoms with E-state index in [4.69, 9.17) is 5.73 Å². The monoisotopic (exact) mass is 206 g/mol. The van der Waals surface area contributed by atoms with E-state index in [0.717, 1.165) is 18.4 Å². The van der Waals surface area contributed by atoms with Crippen molar-refractivity contribution in [2.45, 2.75) is 26.7 Å². The van der Waals surface area contributed by atoms with E-state index in [1.807, 2.05) is 19.9 Å². The molecule has 15 heavy (non-hydrogen) atoms. The van der Waals surface area contributed by atoms with Crippen LogP contribution >= 0.6 is 0 Å². The standard InChI is InChI=1S/C12H18N2O/c1-9-6-11(8-14-7-9)12(15)10(2)4-3-5-13/h6-8,10H,3-5,13H2,1-2H3. The lowest BCUT2D eigenvalue weighted by molar-refractivity contribution is 0.0923. The first-order chi connectivity index (χ1) is 7.15. The highest BCUT2D eigenvalue weighted by molar-refractivity contribution is 5.97. The van der Waals surface area contributed by atoms with Crippen molar-refractivity contribution in [2.75, 3.05) is 6.54 Å². The van der Waals surface area contributed by atoms with Gasteiger partial charge in [-0.1, -0.05) is 6.92 Å². The van der Waals surface area contributed by atoms with Crippen LogP contribution in [0.2, 0.25) is 0 Å². The topological polar surface area (TPSA) is 56.0 Å². The molecule has 0 radical (unpaired) electrons. The molecule has 2 N–H and O–H groups in total. The Morgan fingerprint density at radius 3 is 2.87 bits per heavy atom. The molecular formula is C12H18N2O. The van der Waals surface area contributed by atoms with Gasteiger partial charge in [-0.2, -0.15) is 0 Å². The highest BCUT2D eigenvalue weighted by atomic mass is 16.1. The zero-order valence-electron chi connectivity index (χ0n) is 9.36. The fourth-order valence-electron chi connectivity index (χ4n) is 1.53. The lowest BCUT2D eigenvalue weighted by Crippen LogP contribution is -2.13. The minimum absolute atomic E-state index is 0.0390. The quantitative estimate of drug-likeness (QED) is 0.749. The molecule has 1 unspecified atom stereocenters. The normalized spacial score (nSPS) is 12.5. The molecule has 0 saturated carbocycles. The number of ketones is 1. The molecule has 82 valence electrons. The Bertz CT molecular complexity index is 336. The number of aromatic nitrogens is 1. The molecule has 3 nitrogen and oxygen atoms in total. The molecule has 1 rings (SSSR count). The SMILES string of the molecule is Cc1cncc(C(=O)C(C)CCCN)c1. The molecule has 0 amide bonds. The van der Waals surface area contributed by atoms with Gasteiger partial charge in [0.25, 0.3) is 0 Å². The van der Waals surface area contributed by atoms with E-state index in [-0.39, 0.29) is 11.7 Å². The number of Topliss-reactive ketones (excluding diaryl/α,β-unsaturated/α-hetero) is 1. The fraction of sp³-hybridized carbons (Fsp3) is 0.500. The van der Waals surface area contributed by atoms with Gasteiger partial charge in [-0.05, 0) is 37.9 Å². The third-order valence-electron chi connectivity index (χ3n) is 2.45. The average Bonchev–Trinajstić information content (AvgIpc) is 2.24. The summed E-state index contributed by atoms with van der Waals surface area (Å²) >= 11 is 0. The van der Waals surface area contributed by atoms with Gasteiger partial charge in [0.2, 0.25) is 0 Å². The van der Waals surface area contributed by atoms with Crippen LogP contribution in [-0.4, -0.2) is 17.3 Å². The lowest BCUT2D eigenvalue weighted by atomic mass is 9.95. The predicted molar refractivity (Wildman–Crippen MR) is 60.8 cm³/mol. The lowest BCUT2D eigenvalue weighted by Gasteiger charge is -2.09. The molecule has 1 heterocycles. The summed E-state index contributed by atoms with van der Waals surface area (Å²) in [5.41, 5.74) is 7.14. The number of aryl methyl sites for hydroxylation is 1. The molecule has 0 aromatic carbocycles. The summed E-state index contributed by atoms with van der Waals surface area (Å²) < 4.78 is 0. The predicted octanol–water partition coefficient (Wildman–Crippen LogP) is 1.95. The highest BCUT2D eigenvalue weighted by Gasteiger charge is 2.14. The molecule has 0 aliphatic rings. The van der Waals surface area contributed by atoms with Crippen molar-refractivity contribution in [1.29, 1.82) is 0 Å². The molecule has 0 bridgehead atoms. The maximum Gasteiger partial charge on any atom is 0.167 e. The minimum Gasteiger partial charge on any atom is -0.330 e. The summed E-state index contributed by atoms with van der Waals surface area (Å²) in [4.78, 5) is 15.9. The van der Waals surface area contributed by atoms with Crippen LogP contribution in [0.15, 0.2) is 18.5 Å². The zero-order valence-corrected chi connectivity index (χ0v) is 9.36. The summed E-state index contributed by atoms with van der Waals surface area (Å²) in [7, 11) is 0. The Kier molecular flexibility index (Phi) is 4.43. The van der Waals surface area contributed by atoms with Crippen LogP contribution in [-0.2, 0) is 0 Å². The number of rotatable bonds is 5. The van der Waals surface area contributed by atoms with Crippen LogP contribution in [0.25, 0.3) is 0 Å². The Balaban J connectivity index is 2.67. The number of hydrogen-bond donors (Lipinski definition) is 1. The highest BCUT2D eigenvalue weighted by Crippen LogP contribution is 2.13. The number of nitrogens with two attached hydrogens (primary N) is 1. The minimum atomic E-state index is 0.0390. The van der Waals surface area contributed by atoms with E-state index in [1.165, 1.54) is 0 Å². The Hall–Kier alpha value is -1.22. The van der Waals surface area contributed by atoms with E-state index >= 15 is 0 Å². The van der Waals surface area contributed by atoms with E-state index in [2.05, 4.69) is 4.98 Å². The van der Waals surface area contributed by atoms with Gasteiger partial charge in [0, 0.05) is 23.9 Å². The largest absolute Gasteiger partial charge is 0.330 e. The summed E-state index contributed by atoms with van der Waals surface area (Å²) in [6.07, 6.45) is 5.13. The average molecular weight is 206 g/mol. The molecule has 1 aromatic heterocycles. The second-order valence-electron chi connectivity index (χ2n) is 3.95. The summed E-state index contributed by atoms with van der Waals surface area (Å²) in [6.45, 7) is 4.53. The molecule has 0 aliphatic heterocycles. The third kappa shape index (κ3) is 3.44. The van der Waals surface area contributed by atoms with Gasteiger partial charge in [0.05, 0.1) is 0 Å². The van der Waals surface area contributed by atoms with Crippen molar-refractivity contribution in [3.8, 4) is 0 Å². The Morgan fingerprint density at radius 1 is 1.53 bits per heavy atom. The van der Waals surface area contributed by atoms with Gasteiger partial charge in [0.1, 0.15) is 0 Å². The molecule has 1 atom stereocenters. The molecular weight excluding hydrogens is 188 g/mol. The van der Waals surface area contributed by atoms with Crippen molar-refractivity contribution in [3.63, 3.8) is 0 Å². The van der Waals surface area contributed by atoms with E-state index in [0.29, 0.717) is 12.1 Å². The zero-order chi connectivity index (χ0) is 11.3. The van der Waals surface area contributed by atoms with E-state index < -0.39 is 0 Å². The summed E-state index contributed by atoms with van der Waals surface area (Å²) in [5, 5.41) is 0. The van der Waals surface area contributed by atoms with Gasteiger partial charge in [-0.3, -0.25) is 9.78 Å². The molecule has 0 saturated heterocycles. The third-order valence-corrected chi connectivity index (χ3v) is 2.45. The van der Waals surface area contributed by atoms with Crippen molar-refractivity contribution < 1.29 is 4.79 Å². The van der Waals surface area contributed by atoms with Gasteiger partial charge < -0.3 is 5.73 Å². The molecule has 1 aromatic rings. The van der Waals surface area contributed by atoms with Crippen LogP contribution in [0.5, 0.6) is 0 Å². The summed E-state index contributed by atoms with van der Waals surface area (Å²) in [6, 6.07) is 1.88. The number of hydrogen-bond acceptors (Lipinski definition) is 3. The maximum atomic E-state index is 11.9. The second-order valence-corrected chi connectivity index (χ2v) is 3.95. The smallest absolute Gasteiger partial charge is 0.167 e. The Labute approximate surface area is 90.7 Å². The number of carbonyl (C=O) groups excluding carboxylic acids is 1. The number of carbonyl (C=O) groups is 1. The molecule has 3 heteroatoms. The van der Waals surface area contributed by atoms with Crippen LogP contribution in [0.3, 0.4) is 0 Å². The van der Waals surface area contributed by atoms with Crippen molar-refractivity contribution >= 4 is 5.78 Å². The molecule has 0 fully saturated rings. The van der Waals surface area contributed by atoms with Crippen molar-refractivity contribution in [3.05, 3.63) is 29.6 Å². The van der Waals surface area contributed by atoms with E-state index in [9.17, 15) is 4.79 Å². The first-order valence-corrected chi connectivity index (χ1v) is 5.31. The van der Waals surface area contributed by atoms with Gasteiger partial charge in [0.15, 0.2) is 5.78 Å².